The molecule has 0 saturated carbocycles. The molecule has 4 heterocycles. The van der Waals surface area contributed by atoms with E-state index >= 15 is 0 Å². The predicted octanol–water partition coefficient (Wildman–Crippen LogP) is 0.230. The zero-order chi connectivity index (χ0) is 17.0. The fourth-order valence-electron chi connectivity index (χ4n) is 4.00. The summed E-state index contributed by atoms with van der Waals surface area (Å²) in [6.07, 6.45) is 17.4. The number of hydrogen-bond acceptors (Lipinski definition) is 0. The molecule has 4 aromatic heterocycles. The van der Waals surface area contributed by atoms with E-state index in [2.05, 4.69) is 139 Å². The van der Waals surface area contributed by atoms with Crippen LogP contribution in [0.2, 0.25) is 0 Å². The molecule has 0 atom stereocenters. The zero-order valence-electron chi connectivity index (χ0n) is 14.0. The molecule has 0 aliphatic carbocycles. The van der Waals surface area contributed by atoms with Gasteiger partial charge in [0.25, 0.3) is 0 Å². The summed E-state index contributed by atoms with van der Waals surface area (Å²) in [5, 5.41) is 0. The van der Waals surface area contributed by atoms with Gasteiger partial charge in [-0.25, -0.2) is 0 Å². The Hall–Kier alpha value is -3.18. The van der Waals surface area contributed by atoms with Crippen molar-refractivity contribution in [3.8, 4) is 0 Å². The third-order valence-electron chi connectivity index (χ3n) is 5.07. The zero-order valence-corrected chi connectivity index (χ0v) is 15.5. The third-order valence-corrected chi connectivity index (χ3v) is 10.7. The van der Waals surface area contributed by atoms with Crippen LogP contribution in [0.5, 0.6) is 0 Å². The van der Waals surface area contributed by atoms with E-state index in [9.17, 15) is 0 Å². The second-order valence-corrected chi connectivity index (χ2v) is 11.0. The quantitative estimate of drug-likeness (QED) is 0.470. The van der Waals surface area contributed by atoms with Crippen LogP contribution in [-0.4, -0.2) is 8.72 Å². The Labute approximate surface area is 148 Å². The SMILES string of the molecule is c1cc[n+]([SiH2-2]([n+]2ccccc2)([n+]2ccccc2)[n+]2ccccc2)cc1. The van der Waals surface area contributed by atoms with Crippen molar-refractivity contribution in [2.24, 2.45) is 0 Å². The van der Waals surface area contributed by atoms with E-state index in [1.165, 1.54) is 0 Å². The first-order chi connectivity index (χ1) is 12.4. The second-order valence-electron chi connectivity index (χ2n) is 6.41. The minimum absolute atomic E-state index is 2.06. The molecule has 4 aromatic rings. The fourth-order valence-corrected chi connectivity index (χ4v) is 9.50. The van der Waals surface area contributed by atoms with Crippen molar-refractivity contribution in [2.45, 2.75) is 0 Å². The van der Waals surface area contributed by atoms with Crippen molar-refractivity contribution in [3.63, 3.8) is 0 Å². The summed E-state index contributed by atoms with van der Waals surface area (Å²) in [4.78, 5) is 0. The second kappa shape index (κ2) is 6.74. The van der Waals surface area contributed by atoms with Gasteiger partial charge in [0.15, 0.2) is 0 Å². The molecule has 0 aromatic carbocycles. The number of nitrogens with zero attached hydrogens (tertiary/aromatic N) is 4. The molecule has 124 valence electrons. The normalized spacial score (nSPS) is 11.8. The molecule has 0 N–H and O–H groups in total. The number of rotatable bonds is 4. The number of aromatic nitrogens is 4. The Bertz CT molecular complexity index is 769. The molecule has 4 nitrogen and oxygen atoms in total. The maximum atomic E-state index is 2.38. The summed E-state index contributed by atoms with van der Waals surface area (Å²) in [5.74, 6) is 0. The molecule has 4 rings (SSSR count). The Balaban J connectivity index is 2.13. The molecule has 5 heteroatoms. The maximum absolute atomic E-state index is 3.42. The van der Waals surface area contributed by atoms with Gasteiger partial charge in [-0.05, 0) is 0 Å². The van der Waals surface area contributed by atoms with Crippen molar-refractivity contribution in [1.29, 1.82) is 0 Å². The van der Waals surface area contributed by atoms with Crippen LogP contribution < -0.4 is 16.9 Å². The molecule has 0 saturated heterocycles. The van der Waals surface area contributed by atoms with Crippen LogP contribution in [0.1, 0.15) is 0 Å². The fraction of sp³-hybridized carbons (Fsp3) is 0. The van der Waals surface area contributed by atoms with Crippen molar-refractivity contribution in [2.75, 3.05) is 0 Å². The molecule has 0 aliphatic rings. The van der Waals surface area contributed by atoms with E-state index < -0.39 is 8.72 Å². The molecule has 0 bridgehead atoms. The van der Waals surface area contributed by atoms with Crippen LogP contribution in [0, 0.1) is 0 Å². The van der Waals surface area contributed by atoms with Gasteiger partial charge < -0.3 is 0 Å². The Morgan fingerprint density at radius 3 is 0.680 bits per heavy atom. The van der Waals surface area contributed by atoms with Gasteiger partial charge in [-0.15, -0.1) is 0 Å². The van der Waals surface area contributed by atoms with Gasteiger partial charge in [0.2, 0.25) is 0 Å². The van der Waals surface area contributed by atoms with E-state index in [1.807, 2.05) is 0 Å². The first-order valence-corrected chi connectivity index (χ1v) is 11.2. The minimum atomic E-state index is -3.42. The molecular formula is C20H22N4Si+2. The van der Waals surface area contributed by atoms with Crippen LogP contribution in [0.3, 0.4) is 0 Å². The summed E-state index contributed by atoms with van der Waals surface area (Å²) in [6.45, 7) is 0. The summed E-state index contributed by atoms with van der Waals surface area (Å²) in [6, 6.07) is 25.0. The molecule has 0 amide bonds. The molecule has 0 radical (unpaired) electrons. The van der Waals surface area contributed by atoms with Gasteiger partial charge in [-0.2, -0.15) is 0 Å². The first kappa shape index (κ1) is 15.4. The van der Waals surface area contributed by atoms with Crippen LogP contribution in [0.25, 0.3) is 0 Å². The Morgan fingerprint density at radius 2 is 0.480 bits per heavy atom. The first-order valence-electron chi connectivity index (χ1n) is 8.66. The van der Waals surface area contributed by atoms with Crippen LogP contribution in [0.4, 0.5) is 0 Å². The van der Waals surface area contributed by atoms with Gasteiger partial charge >= 0.3 is 148 Å². The third kappa shape index (κ3) is 2.64. The van der Waals surface area contributed by atoms with Crippen molar-refractivity contribution < 1.29 is 16.9 Å². The van der Waals surface area contributed by atoms with E-state index in [0.29, 0.717) is 0 Å². The van der Waals surface area contributed by atoms with Crippen LogP contribution in [-0.2, 0) is 0 Å². The topological polar surface area (TPSA) is 15.5 Å². The van der Waals surface area contributed by atoms with Gasteiger partial charge in [0.1, 0.15) is 0 Å². The summed E-state index contributed by atoms with van der Waals surface area (Å²) in [5.41, 5.74) is 0. The predicted molar refractivity (Wildman–Crippen MR) is 96.7 cm³/mol. The van der Waals surface area contributed by atoms with Gasteiger partial charge in [0.05, 0.1) is 0 Å². The van der Waals surface area contributed by atoms with E-state index in [-0.39, 0.29) is 0 Å². The number of hydrogen-bond donors (Lipinski definition) is 0. The average Bonchev–Trinajstić information content (AvgIpc) is 2.72. The van der Waals surface area contributed by atoms with Crippen molar-refractivity contribution in [1.82, 2.24) is 0 Å². The molecule has 0 spiro atoms. The summed E-state index contributed by atoms with van der Waals surface area (Å²) >= 11 is 0. The van der Waals surface area contributed by atoms with Crippen LogP contribution in [0.15, 0.2) is 122 Å². The van der Waals surface area contributed by atoms with Gasteiger partial charge in [-0.1, -0.05) is 0 Å². The summed E-state index contributed by atoms with van der Waals surface area (Å²) in [7, 11) is -3.42. The van der Waals surface area contributed by atoms with E-state index in [4.69, 9.17) is 0 Å². The van der Waals surface area contributed by atoms with Gasteiger partial charge in [0, 0.05) is 0 Å². The Kier molecular flexibility index (Phi) is 4.14. The van der Waals surface area contributed by atoms with E-state index in [1.54, 1.807) is 0 Å². The Morgan fingerprint density at radius 1 is 0.280 bits per heavy atom. The molecule has 25 heavy (non-hydrogen) atoms. The van der Waals surface area contributed by atoms with E-state index in [0.717, 1.165) is 0 Å². The van der Waals surface area contributed by atoms with Crippen LogP contribution >= 0.6 is 0 Å². The van der Waals surface area contributed by atoms with Crippen molar-refractivity contribution in [3.05, 3.63) is 122 Å². The van der Waals surface area contributed by atoms with Crippen molar-refractivity contribution >= 4 is 8.72 Å². The monoisotopic (exact) mass is 346 g/mol. The van der Waals surface area contributed by atoms with Gasteiger partial charge in [-0.3, -0.25) is 0 Å². The summed E-state index contributed by atoms with van der Waals surface area (Å²) < 4.78 is 9.53. The molecular weight excluding hydrogens is 324 g/mol. The molecule has 0 fully saturated rings. The molecule has 0 aliphatic heterocycles. The number of pyridine rings is 4. The standard InChI is InChI=1S/C20H22N4Si/c1-5-13-21(14-6-1)25(22-15-7-2-8-16-22,23-17-9-3-10-18-23)24-19-11-4-12-20-24/h1-20H,25H2/q+2. The molecule has 0 unspecified atom stereocenters. The average molecular weight is 347 g/mol.